The number of benzene rings is 5. The second kappa shape index (κ2) is 10.7. The van der Waals surface area contributed by atoms with Crippen LogP contribution < -0.4 is 0 Å². The minimum atomic E-state index is 0.867. The highest BCUT2D eigenvalue weighted by Crippen LogP contribution is 2.38. The number of pyridine rings is 4. The Bertz CT molecular complexity index is 2520. The second-order valence-electron chi connectivity index (χ2n) is 11.5. The third-order valence-electron chi connectivity index (χ3n) is 8.71. The van der Waals surface area contributed by atoms with E-state index in [4.69, 9.17) is 15.0 Å². The van der Waals surface area contributed by atoms with Gasteiger partial charge in [-0.05, 0) is 46.8 Å². The van der Waals surface area contributed by atoms with Crippen molar-refractivity contribution in [1.29, 1.82) is 0 Å². The Morgan fingerprint density at radius 3 is 1.78 bits per heavy atom. The molecule has 0 aliphatic heterocycles. The maximum absolute atomic E-state index is 5.39. The van der Waals surface area contributed by atoms with Gasteiger partial charge in [-0.15, -0.1) is 0 Å². The molecule has 5 aromatic carbocycles. The molecule has 0 amide bonds. The molecule has 0 bridgehead atoms. The van der Waals surface area contributed by atoms with Crippen molar-refractivity contribution in [2.45, 2.75) is 0 Å². The van der Waals surface area contributed by atoms with Crippen LogP contribution in [0.5, 0.6) is 0 Å². The van der Waals surface area contributed by atoms with Gasteiger partial charge in [-0.2, -0.15) is 0 Å². The molecule has 0 saturated carbocycles. The fourth-order valence-electron chi connectivity index (χ4n) is 6.48. The van der Waals surface area contributed by atoms with Crippen LogP contribution in [0.3, 0.4) is 0 Å². The summed E-state index contributed by atoms with van der Waals surface area (Å²) in [5.74, 6) is 0. The van der Waals surface area contributed by atoms with E-state index in [1.807, 2.05) is 30.6 Å². The lowest BCUT2D eigenvalue weighted by atomic mass is 9.95. The van der Waals surface area contributed by atoms with Crippen molar-refractivity contribution in [2.24, 2.45) is 0 Å². The first-order chi connectivity index (χ1) is 22.8. The number of rotatable bonds is 4. The molecule has 4 aromatic heterocycles. The zero-order chi connectivity index (χ0) is 30.5. The van der Waals surface area contributed by atoms with Gasteiger partial charge >= 0.3 is 0 Å². The summed E-state index contributed by atoms with van der Waals surface area (Å²) in [6.07, 6.45) is 3.78. The molecular formula is C42H26N4. The van der Waals surface area contributed by atoms with E-state index in [0.29, 0.717) is 0 Å². The molecule has 214 valence electrons. The van der Waals surface area contributed by atoms with Crippen molar-refractivity contribution in [3.63, 3.8) is 0 Å². The normalized spacial score (nSPS) is 11.5. The predicted octanol–water partition coefficient (Wildman–Crippen LogP) is 10.5. The van der Waals surface area contributed by atoms with Crippen LogP contribution in [0.2, 0.25) is 0 Å². The Balaban J connectivity index is 1.27. The van der Waals surface area contributed by atoms with Crippen LogP contribution in [0.25, 0.3) is 88.4 Å². The molecular weight excluding hydrogens is 560 g/mol. The molecule has 0 aliphatic rings. The summed E-state index contributed by atoms with van der Waals surface area (Å²) in [4.78, 5) is 20.0. The summed E-state index contributed by atoms with van der Waals surface area (Å²) in [6.45, 7) is 0. The average molecular weight is 587 g/mol. The zero-order valence-corrected chi connectivity index (χ0v) is 24.8. The van der Waals surface area contributed by atoms with Crippen LogP contribution in [-0.2, 0) is 0 Å². The molecule has 0 aliphatic carbocycles. The molecule has 0 saturated heterocycles. The Morgan fingerprint density at radius 2 is 1.02 bits per heavy atom. The van der Waals surface area contributed by atoms with Gasteiger partial charge in [0.05, 0.1) is 33.6 Å². The van der Waals surface area contributed by atoms with Gasteiger partial charge in [0.2, 0.25) is 0 Å². The average Bonchev–Trinajstić information content (AvgIpc) is 3.14. The first-order valence-electron chi connectivity index (χ1n) is 15.4. The Kier molecular flexibility index (Phi) is 6.10. The molecule has 4 heterocycles. The largest absolute Gasteiger partial charge is 0.254 e. The van der Waals surface area contributed by atoms with Gasteiger partial charge in [-0.25, -0.2) is 9.97 Å². The number of hydrogen-bond donors (Lipinski definition) is 0. The van der Waals surface area contributed by atoms with Crippen molar-refractivity contribution in [1.82, 2.24) is 19.9 Å². The smallest absolute Gasteiger partial charge is 0.0986 e. The maximum atomic E-state index is 5.39. The van der Waals surface area contributed by atoms with Crippen LogP contribution in [0.4, 0.5) is 0 Å². The number of fused-ring (bicyclic) bond motifs is 7. The second-order valence-corrected chi connectivity index (χ2v) is 11.5. The summed E-state index contributed by atoms with van der Waals surface area (Å²) < 4.78 is 0. The van der Waals surface area contributed by atoms with Gasteiger partial charge in [0.25, 0.3) is 0 Å². The van der Waals surface area contributed by atoms with Gasteiger partial charge < -0.3 is 0 Å². The minimum Gasteiger partial charge on any atom is -0.254 e. The topological polar surface area (TPSA) is 51.6 Å². The third-order valence-corrected chi connectivity index (χ3v) is 8.71. The van der Waals surface area contributed by atoms with E-state index in [1.54, 1.807) is 0 Å². The Labute approximate surface area is 265 Å². The maximum Gasteiger partial charge on any atom is 0.0986 e. The van der Waals surface area contributed by atoms with Gasteiger partial charge in [0.15, 0.2) is 0 Å². The SMILES string of the molecule is c1ccc(-c2cc(-c3cccc(-c4nc5c(cnc6c5ccc5cccnc56)c5ccccc45)c3)cc(-c3ccccc3)n2)cc1. The summed E-state index contributed by atoms with van der Waals surface area (Å²) >= 11 is 0. The van der Waals surface area contributed by atoms with Gasteiger partial charge in [0, 0.05) is 50.6 Å². The highest BCUT2D eigenvalue weighted by atomic mass is 14.8. The lowest BCUT2D eigenvalue weighted by Crippen LogP contribution is -1.94. The third kappa shape index (κ3) is 4.39. The highest BCUT2D eigenvalue weighted by Gasteiger charge is 2.16. The molecule has 0 fully saturated rings. The summed E-state index contributed by atoms with van der Waals surface area (Å²) in [7, 11) is 0. The van der Waals surface area contributed by atoms with Crippen molar-refractivity contribution in [2.75, 3.05) is 0 Å². The van der Waals surface area contributed by atoms with Crippen LogP contribution in [-0.4, -0.2) is 19.9 Å². The van der Waals surface area contributed by atoms with Crippen LogP contribution in [0, 0.1) is 0 Å². The molecule has 9 aromatic rings. The molecule has 4 nitrogen and oxygen atoms in total. The molecule has 0 spiro atoms. The summed E-state index contributed by atoms with van der Waals surface area (Å²) in [5, 5.41) is 5.33. The first kappa shape index (κ1) is 26.2. The molecule has 0 unspecified atom stereocenters. The van der Waals surface area contributed by atoms with E-state index < -0.39 is 0 Å². The van der Waals surface area contributed by atoms with Crippen LogP contribution in [0.15, 0.2) is 158 Å². The van der Waals surface area contributed by atoms with E-state index >= 15 is 0 Å². The molecule has 4 heteroatoms. The van der Waals surface area contributed by atoms with Crippen LogP contribution >= 0.6 is 0 Å². The molecule has 0 atom stereocenters. The molecule has 46 heavy (non-hydrogen) atoms. The monoisotopic (exact) mass is 586 g/mol. The highest BCUT2D eigenvalue weighted by molar-refractivity contribution is 6.20. The standard InChI is InChI=1S/C42H26N4/c1-3-11-27(12-4-1)37-24-32(25-38(45-37)28-13-5-2-6-14-28)30-15-9-16-31(23-30)39-34-19-8-7-18-33(34)36-26-44-42-35(41(36)46-39)21-20-29-17-10-22-43-40(29)42/h1-26H. The van der Waals surface area contributed by atoms with E-state index in [2.05, 4.69) is 132 Å². The van der Waals surface area contributed by atoms with Crippen molar-refractivity contribution in [3.05, 3.63) is 158 Å². The van der Waals surface area contributed by atoms with Crippen molar-refractivity contribution >= 4 is 43.5 Å². The number of nitrogens with zero attached hydrogens (tertiary/aromatic N) is 4. The zero-order valence-electron chi connectivity index (χ0n) is 24.8. The van der Waals surface area contributed by atoms with E-state index in [0.717, 1.165) is 88.4 Å². The lowest BCUT2D eigenvalue weighted by Gasteiger charge is -2.14. The fourth-order valence-corrected chi connectivity index (χ4v) is 6.48. The number of aromatic nitrogens is 4. The van der Waals surface area contributed by atoms with Gasteiger partial charge in [-0.1, -0.05) is 115 Å². The van der Waals surface area contributed by atoms with Gasteiger partial charge in [0.1, 0.15) is 0 Å². The van der Waals surface area contributed by atoms with E-state index in [9.17, 15) is 0 Å². The lowest BCUT2D eigenvalue weighted by molar-refractivity contribution is 1.32. The summed E-state index contributed by atoms with van der Waals surface area (Å²) in [5.41, 5.74) is 10.9. The summed E-state index contributed by atoms with van der Waals surface area (Å²) in [6, 6.07) is 50.6. The van der Waals surface area contributed by atoms with Crippen molar-refractivity contribution < 1.29 is 0 Å². The van der Waals surface area contributed by atoms with Gasteiger partial charge in [-0.3, -0.25) is 9.97 Å². The van der Waals surface area contributed by atoms with Crippen LogP contribution in [0.1, 0.15) is 0 Å². The Hall–Kier alpha value is -6.26. The van der Waals surface area contributed by atoms with E-state index in [1.165, 1.54) is 0 Å². The number of hydrogen-bond acceptors (Lipinski definition) is 4. The predicted molar refractivity (Wildman–Crippen MR) is 189 cm³/mol. The fraction of sp³-hybridized carbons (Fsp3) is 0. The molecule has 0 radical (unpaired) electrons. The molecule has 0 N–H and O–H groups in total. The minimum absolute atomic E-state index is 0.867. The molecule has 9 rings (SSSR count). The first-order valence-corrected chi connectivity index (χ1v) is 15.4. The van der Waals surface area contributed by atoms with E-state index in [-0.39, 0.29) is 0 Å². The van der Waals surface area contributed by atoms with Crippen molar-refractivity contribution in [3.8, 4) is 44.9 Å². The quantitative estimate of drug-likeness (QED) is 0.193. The Morgan fingerprint density at radius 1 is 0.348 bits per heavy atom.